The molecular formula is C13H22N2O2. The average Bonchev–Trinajstić information content (AvgIpc) is 2.85. The molecule has 96 valence electrons. The first-order valence-electron chi connectivity index (χ1n) is 6.32. The molecule has 1 aliphatic rings. The van der Waals surface area contributed by atoms with Crippen LogP contribution in [-0.4, -0.2) is 38.3 Å². The van der Waals surface area contributed by atoms with E-state index in [4.69, 9.17) is 14.9 Å². The Kier molecular flexibility index (Phi) is 4.59. The van der Waals surface area contributed by atoms with Gasteiger partial charge in [0.1, 0.15) is 5.76 Å². The first-order valence-corrected chi connectivity index (χ1v) is 6.32. The molecule has 2 atom stereocenters. The molecule has 0 spiro atoms. The lowest BCUT2D eigenvalue weighted by Crippen LogP contribution is -2.36. The second-order valence-corrected chi connectivity index (χ2v) is 4.79. The maximum absolute atomic E-state index is 5.84. The van der Waals surface area contributed by atoms with E-state index in [1.54, 1.807) is 6.26 Å². The number of nitrogens with zero attached hydrogens (tertiary/aromatic N) is 1. The Labute approximate surface area is 103 Å². The van der Waals surface area contributed by atoms with Crippen LogP contribution in [0.15, 0.2) is 22.8 Å². The molecule has 0 radical (unpaired) electrons. The van der Waals surface area contributed by atoms with Crippen molar-refractivity contribution in [2.75, 3.05) is 33.4 Å². The van der Waals surface area contributed by atoms with Gasteiger partial charge in [-0.05, 0) is 37.9 Å². The maximum Gasteiger partial charge on any atom is 0.122 e. The van der Waals surface area contributed by atoms with Crippen LogP contribution in [0.25, 0.3) is 0 Å². The predicted octanol–water partition coefficient (Wildman–Crippen LogP) is 1.64. The highest BCUT2D eigenvalue weighted by atomic mass is 16.5. The van der Waals surface area contributed by atoms with E-state index in [0.29, 0.717) is 12.5 Å². The summed E-state index contributed by atoms with van der Waals surface area (Å²) in [6.07, 6.45) is 4.13. The van der Waals surface area contributed by atoms with Gasteiger partial charge in [-0.3, -0.25) is 4.90 Å². The van der Waals surface area contributed by atoms with Crippen LogP contribution < -0.4 is 5.73 Å². The Bertz CT molecular complexity index is 307. The van der Waals surface area contributed by atoms with Gasteiger partial charge in [0.05, 0.1) is 18.9 Å². The van der Waals surface area contributed by atoms with E-state index in [1.807, 2.05) is 12.1 Å². The van der Waals surface area contributed by atoms with Gasteiger partial charge in [0, 0.05) is 19.7 Å². The van der Waals surface area contributed by atoms with Crippen molar-refractivity contribution in [2.24, 2.45) is 11.7 Å². The lowest BCUT2D eigenvalue weighted by Gasteiger charge is -2.31. The number of ether oxygens (including phenoxy) is 1. The molecule has 0 amide bonds. The predicted molar refractivity (Wildman–Crippen MR) is 66.7 cm³/mol. The minimum atomic E-state index is 0.173. The minimum Gasteiger partial charge on any atom is -0.468 e. The molecular weight excluding hydrogens is 216 g/mol. The molecule has 4 nitrogen and oxygen atoms in total. The molecule has 0 saturated carbocycles. The zero-order valence-corrected chi connectivity index (χ0v) is 10.5. The van der Waals surface area contributed by atoms with E-state index in [2.05, 4.69) is 11.9 Å². The number of nitrogens with two attached hydrogens (primary N) is 1. The van der Waals surface area contributed by atoms with Crippen LogP contribution in [-0.2, 0) is 4.74 Å². The van der Waals surface area contributed by atoms with E-state index < -0.39 is 0 Å². The van der Waals surface area contributed by atoms with Crippen molar-refractivity contribution in [1.82, 2.24) is 4.90 Å². The topological polar surface area (TPSA) is 51.6 Å². The Morgan fingerprint density at radius 3 is 3.06 bits per heavy atom. The van der Waals surface area contributed by atoms with E-state index in [0.717, 1.165) is 25.5 Å². The average molecular weight is 238 g/mol. The molecule has 2 unspecified atom stereocenters. The molecule has 17 heavy (non-hydrogen) atoms. The van der Waals surface area contributed by atoms with Crippen LogP contribution in [0, 0.1) is 5.92 Å². The highest BCUT2D eigenvalue weighted by molar-refractivity contribution is 5.05. The first-order chi connectivity index (χ1) is 8.31. The third-order valence-corrected chi connectivity index (χ3v) is 3.43. The van der Waals surface area contributed by atoms with Gasteiger partial charge in [-0.15, -0.1) is 0 Å². The first kappa shape index (κ1) is 12.6. The molecule has 1 fully saturated rings. The van der Waals surface area contributed by atoms with Crippen LogP contribution >= 0.6 is 0 Å². The third kappa shape index (κ3) is 3.31. The van der Waals surface area contributed by atoms with E-state index in [-0.39, 0.29) is 6.04 Å². The van der Waals surface area contributed by atoms with E-state index >= 15 is 0 Å². The van der Waals surface area contributed by atoms with Gasteiger partial charge >= 0.3 is 0 Å². The zero-order valence-electron chi connectivity index (χ0n) is 10.5. The van der Waals surface area contributed by atoms with Crippen LogP contribution in [0.2, 0.25) is 0 Å². The van der Waals surface area contributed by atoms with Crippen molar-refractivity contribution < 1.29 is 9.15 Å². The van der Waals surface area contributed by atoms with Gasteiger partial charge in [0.2, 0.25) is 0 Å². The third-order valence-electron chi connectivity index (χ3n) is 3.43. The summed E-state index contributed by atoms with van der Waals surface area (Å²) in [7, 11) is 2.11. The molecule has 0 bridgehead atoms. The second kappa shape index (κ2) is 6.19. The van der Waals surface area contributed by atoms with Crippen molar-refractivity contribution in [1.29, 1.82) is 0 Å². The van der Waals surface area contributed by atoms with Crippen molar-refractivity contribution in [3.05, 3.63) is 24.2 Å². The smallest absolute Gasteiger partial charge is 0.122 e. The van der Waals surface area contributed by atoms with Gasteiger partial charge in [0.15, 0.2) is 0 Å². The van der Waals surface area contributed by atoms with Gasteiger partial charge in [-0.2, -0.15) is 0 Å². The van der Waals surface area contributed by atoms with E-state index in [9.17, 15) is 0 Å². The minimum absolute atomic E-state index is 0.173. The lowest BCUT2D eigenvalue weighted by atomic mass is 10.0. The molecule has 0 aliphatic carbocycles. The van der Waals surface area contributed by atoms with Crippen LogP contribution in [0.1, 0.15) is 24.6 Å². The molecule has 4 heteroatoms. The summed E-state index contributed by atoms with van der Waals surface area (Å²) >= 11 is 0. The number of likely N-dealkylation sites (N-methyl/N-ethyl adjacent to an activating group) is 1. The number of hydrogen-bond donors (Lipinski definition) is 1. The molecule has 0 aromatic carbocycles. The normalized spacial score (nSPS) is 22.9. The van der Waals surface area contributed by atoms with Gasteiger partial charge in [-0.25, -0.2) is 0 Å². The Morgan fingerprint density at radius 2 is 2.47 bits per heavy atom. The number of furan rings is 1. The Balaban J connectivity index is 1.90. The van der Waals surface area contributed by atoms with Gasteiger partial charge in [-0.1, -0.05) is 0 Å². The van der Waals surface area contributed by atoms with Crippen molar-refractivity contribution in [3.8, 4) is 0 Å². The van der Waals surface area contributed by atoms with Gasteiger partial charge < -0.3 is 14.9 Å². The summed E-state index contributed by atoms with van der Waals surface area (Å²) in [5.41, 5.74) is 5.84. The quantitative estimate of drug-likeness (QED) is 0.847. The highest BCUT2D eigenvalue weighted by Crippen LogP contribution is 2.22. The second-order valence-electron chi connectivity index (χ2n) is 4.79. The monoisotopic (exact) mass is 238 g/mol. The van der Waals surface area contributed by atoms with Gasteiger partial charge in [0.25, 0.3) is 0 Å². The van der Waals surface area contributed by atoms with Crippen LogP contribution in [0.3, 0.4) is 0 Å². The zero-order chi connectivity index (χ0) is 12.1. The SMILES string of the molecule is CN(CC1CCCOC1)C(CN)c1ccco1. The largest absolute Gasteiger partial charge is 0.468 e. The number of hydrogen-bond acceptors (Lipinski definition) is 4. The summed E-state index contributed by atoms with van der Waals surface area (Å²) in [6.45, 7) is 3.39. The fourth-order valence-electron chi connectivity index (χ4n) is 2.48. The summed E-state index contributed by atoms with van der Waals surface area (Å²) in [6, 6.07) is 4.08. The Hall–Kier alpha value is -0.840. The van der Waals surface area contributed by atoms with Crippen molar-refractivity contribution in [2.45, 2.75) is 18.9 Å². The van der Waals surface area contributed by atoms with Crippen molar-refractivity contribution >= 4 is 0 Å². The molecule has 1 saturated heterocycles. The molecule has 1 aromatic heterocycles. The molecule has 1 aliphatic heterocycles. The summed E-state index contributed by atoms with van der Waals surface area (Å²) in [5.74, 6) is 1.57. The number of rotatable bonds is 5. The maximum atomic E-state index is 5.84. The van der Waals surface area contributed by atoms with E-state index in [1.165, 1.54) is 12.8 Å². The summed E-state index contributed by atoms with van der Waals surface area (Å²) in [5, 5.41) is 0. The summed E-state index contributed by atoms with van der Waals surface area (Å²) < 4.78 is 10.9. The Morgan fingerprint density at radius 1 is 1.59 bits per heavy atom. The molecule has 2 N–H and O–H groups in total. The molecule has 1 aromatic rings. The molecule has 2 rings (SSSR count). The molecule has 2 heterocycles. The fraction of sp³-hybridized carbons (Fsp3) is 0.692. The lowest BCUT2D eigenvalue weighted by molar-refractivity contribution is 0.0350. The van der Waals surface area contributed by atoms with Crippen LogP contribution in [0.4, 0.5) is 0 Å². The van der Waals surface area contributed by atoms with Crippen molar-refractivity contribution in [3.63, 3.8) is 0 Å². The fourth-order valence-corrected chi connectivity index (χ4v) is 2.48. The van der Waals surface area contributed by atoms with Crippen LogP contribution in [0.5, 0.6) is 0 Å². The highest BCUT2D eigenvalue weighted by Gasteiger charge is 2.22. The summed E-state index contributed by atoms with van der Waals surface area (Å²) in [4.78, 5) is 2.28. The standard InChI is InChI=1S/C13H22N2O2/c1-15(9-11-4-2-6-16-10-11)12(8-14)13-5-3-7-17-13/h3,5,7,11-12H,2,4,6,8-10,14H2,1H3.